The summed E-state index contributed by atoms with van der Waals surface area (Å²) in [5.41, 5.74) is 3.27. The summed E-state index contributed by atoms with van der Waals surface area (Å²) in [4.78, 5) is 34.8. The van der Waals surface area contributed by atoms with Crippen LogP contribution in [-0.2, 0) is 20.8 Å². The molecule has 2 fully saturated rings. The van der Waals surface area contributed by atoms with Gasteiger partial charge in [0.2, 0.25) is 5.91 Å². The highest BCUT2D eigenvalue weighted by Gasteiger charge is 2.60. The third kappa shape index (κ3) is 4.09. The van der Waals surface area contributed by atoms with Crippen molar-refractivity contribution in [3.8, 4) is 11.5 Å². The molecule has 2 heterocycles. The number of fused-ring (bicyclic) bond motifs is 1. The average Bonchev–Trinajstić information content (AvgIpc) is 3.43. The summed E-state index contributed by atoms with van der Waals surface area (Å²) < 4.78 is 11.4. The molecule has 0 saturated carbocycles. The van der Waals surface area contributed by atoms with E-state index in [-0.39, 0.29) is 11.8 Å². The fraction of sp³-hybridized carbons (Fsp3) is 0.310. The largest absolute Gasteiger partial charge is 0.493 e. The molecule has 0 aliphatic carbocycles. The number of rotatable bonds is 8. The average molecular weight is 487 g/mol. The molecule has 5 rings (SSSR count). The fourth-order valence-corrected chi connectivity index (χ4v) is 4.89. The van der Waals surface area contributed by atoms with Crippen molar-refractivity contribution in [2.24, 2.45) is 5.92 Å². The minimum absolute atomic E-state index is 0.275. The van der Waals surface area contributed by atoms with Gasteiger partial charge in [-0.3, -0.25) is 14.4 Å². The highest BCUT2D eigenvalue weighted by atomic mass is 16.7. The van der Waals surface area contributed by atoms with E-state index in [4.69, 9.17) is 14.3 Å². The van der Waals surface area contributed by atoms with Crippen LogP contribution in [0.3, 0.4) is 0 Å². The second-order valence-electron chi connectivity index (χ2n) is 8.95. The smallest absolute Gasteiger partial charge is 0.266 e. The number of hydroxylamine groups is 1. The summed E-state index contributed by atoms with van der Waals surface area (Å²) >= 11 is 0. The van der Waals surface area contributed by atoms with Crippen LogP contribution in [0.2, 0.25) is 0 Å². The Balaban J connectivity index is 1.55. The molecule has 0 N–H and O–H groups in total. The molecule has 0 unspecified atom stereocenters. The molecule has 0 spiro atoms. The number of methoxy groups -OCH3 is 1. The van der Waals surface area contributed by atoms with E-state index in [1.807, 2.05) is 79.7 Å². The fourth-order valence-electron chi connectivity index (χ4n) is 4.89. The molecule has 2 amide bonds. The molecule has 3 atom stereocenters. The van der Waals surface area contributed by atoms with Crippen molar-refractivity contribution in [1.29, 1.82) is 0 Å². The Bertz CT molecular complexity index is 1240. The first kappa shape index (κ1) is 23.9. The number of anilines is 2. The Labute approximate surface area is 211 Å². The van der Waals surface area contributed by atoms with Crippen LogP contribution in [0.4, 0.5) is 11.4 Å². The van der Waals surface area contributed by atoms with Gasteiger partial charge in [0.15, 0.2) is 17.6 Å². The first-order valence-corrected chi connectivity index (χ1v) is 12.4. The van der Waals surface area contributed by atoms with E-state index < -0.39 is 18.1 Å². The Hall–Kier alpha value is -3.84. The molecule has 2 aliphatic rings. The standard InChI is InChI=1S/C29H30N2O5/c1-4-17-35-23-16-13-20(18-24(23)34-3)26-25-27(36-31(26)22-9-7-6-8-10-22)29(33)30(28(25)32)21-14-11-19(5-2)12-15-21/h6-16,18,25-27H,4-5,17H2,1-3H3/t25-,26-,27+/m0/s1. The van der Waals surface area contributed by atoms with Gasteiger partial charge in [-0.1, -0.05) is 50.2 Å². The van der Waals surface area contributed by atoms with Crippen LogP contribution in [0, 0.1) is 5.92 Å². The molecular weight excluding hydrogens is 456 g/mol. The van der Waals surface area contributed by atoms with Gasteiger partial charge in [-0.2, -0.15) is 0 Å². The van der Waals surface area contributed by atoms with Crippen molar-refractivity contribution in [2.75, 3.05) is 23.7 Å². The molecule has 186 valence electrons. The number of hydrogen-bond acceptors (Lipinski definition) is 6. The lowest BCUT2D eigenvalue weighted by molar-refractivity contribution is -0.126. The summed E-state index contributed by atoms with van der Waals surface area (Å²) in [7, 11) is 1.59. The predicted octanol–water partition coefficient (Wildman–Crippen LogP) is 5.10. The second kappa shape index (κ2) is 10.0. The Morgan fingerprint density at radius 1 is 0.861 bits per heavy atom. The van der Waals surface area contributed by atoms with Crippen LogP contribution in [0.15, 0.2) is 72.8 Å². The van der Waals surface area contributed by atoms with E-state index >= 15 is 0 Å². The molecule has 7 nitrogen and oxygen atoms in total. The summed E-state index contributed by atoms with van der Waals surface area (Å²) in [5.74, 6) is -0.135. The van der Waals surface area contributed by atoms with E-state index in [0.717, 1.165) is 29.7 Å². The zero-order valence-electron chi connectivity index (χ0n) is 20.7. The van der Waals surface area contributed by atoms with Crippen molar-refractivity contribution in [1.82, 2.24) is 0 Å². The first-order valence-electron chi connectivity index (χ1n) is 12.4. The van der Waals surface area contributed by atoms with Gasteiger partial charge in [0.1, 0.15) is 5.92 Å². The van der Waals surface area contributed by atoms with Gasteiger partial charge >= 0.3 is 0 Å². The predicted molar refractivity (Wildman–Crippen MR) is 137 cm³/mol. The van der Waals surface area contributed by atoms with Crippen LogP contribution >= 0.6 is 0 Å². The summed E-state index contributed by atoms with van der Waals surface area (Å²) in [6, 6.07) is 22.2. The lowest BCUT2D eigenvalue weighted by atomic mass is 9.90. The normalized spacial score (nSPS) is 21.1. The second-order valence-corrected chi connectivity index (χ2v) is 8.95. The Kier molecular flexibility index (Phi) is 6.65. The van der Waals surface area contributed by atoms with Crippen molar-refractivity contribution in [3.63, 3.8) is 0 Å². The Morgan fingerprint density at radius 3 is 2.28 bits per heavy atom. The van der Waals surface area contributed by atoms with E-state index in [2.05, 4.69) is 6.92 Å². The Morgan fingerprint density at radius 2 is 1.61 bits per heavy atom. The number of nitrogens with zero attached hydrogens (tertiary/aromatic N) is 2. The number of imide groups is 1. The summed E-state index contributed by atoms with van der Waals surface area (Å²) in [6.45, 7) is 4.68. The zero-order chi connectivity index (χ0) is 25.2. The van der Waals surface area contributed by atoms with Crippen LogP contribution < -0.4 is 19.4 Å². The van der Waals surface area contributed by atoms with E-state index in [1.165, 1.54) is 4.90 Å². The first-order chi connectivity index (χ1) is 17.6. The van der Waals surface area contributed by atoms with Gasteiger partial charge in [-0.25, -0.2) is 9.96 Å². The van der Waals surface area contributed by atoms with E-state index in [9.17, 15) is 9.59 Å². The molecule has 3 aromatic carbocycles. The molecule has 0 radical (unpaired) electrons. The lowest BCUT2D eigenvalue weighted by Gasteiger charge is -2.29. The molecule has 2 saturated heterocycles. The van der Waals surface area contributed by atoms with Gasteiger partial charge in [-0.15, -0.1) is 0 Å². The summed E-state index contributed by atoms with van der Waals surface area (Å²) in [5, 5.41) is 1.68. The van der Waals surface area contributed by atoms with Crippen LogP contribution in [-0.4, -0.2) is 31.6 Å². The zero-order valence-corrected chi connectivity index (χ0v) is 20.7. The van der Waals surface area contributed by atoms with Crippen molar-refractivity contribution >= 4 is 23.2 Å². The van der Waals surface area contributed by atoms with Gasteiger partial charge in [0.05, 0.1) is 31.1 Å². The SMILES string of the molecule is CCCOc1ccc([C@H]2[C@@H]3C(=O)N(c4ccc(CC)cc4)C(=O)[C@@H]3ON2c2ccccc2)cc1OC. The molecule has 3 aromatic rings. The molecule has 0 bridgehead atoms. The number of carbonyl (C=O) groups is 2. The molecule has 2 aliphatic heterocycles. The number of para-hydroxylation sites is 1. The third-order valence-corrected chi connectivity index (χ3v) is 6.72. The van der Waals surface area contributed by atoms with E-state index in [1.54, 1.807) is 12.2 Å². The van der Waals surface area contributed by atoms with Crippen LogP contribution in [0.5, 0.6) is 11.5 Å². The van der Waals surface area contributed by atoms with Gasteiger partial charge in [-0.05, 0) is 60.4 Å². The van der Waals surface area contributed by atoms with Gasteiger partial charge in [0, 0.05) is 0 Å². The number of aryl methyl sites for hydroxylation is 1. The highest BCUT2D eigenvalue weighted by Crippen LogP contribution is 2.48. The quantitative estimate of drug-likeness (QED) is 0.413. The van der Waals surface area contributed by atoms with Gasteiger partial charge < -0.3 is 9.47 Å². The van der Waals surface area contributed by atoms with E-state index in [0.29, 0.717) is 23.8 Å². The maximum absolute atomic E-state index is 13.8. The highest BCUT2D eigenvalue weighted by molar-refractivity contribution is 6.23. The van der Waals surface area contributed by atoms with Crippen molar-refractivity contribution in [2.45, 2.75) is 38.8 Å². The maximum atomic E-state index is 13.8. The maximum Gasteiger partial charge on any atom is 0.266 e. The third-order valence-electron chi connectivity index (χ3n) is 6.72. The number of hydrogen-bond donors (Lipinski definition) is 0. The monoisotopic (exact) mass is 486 g/mol. The lowest BCUT2D eigenvalue weighted by Crippen LogP contribution is -2.37. The number of amides is 2. The molecular formula is C29H30N2O5. The molecule has 7 heteroatoms. The number of benzene rings is 3. The molecule has 0 aromatic heterocycles. The minimum Gasteiger partial charge on any atom is -0.493 e. The van der Waals surface area contributed by atoms with Crippen LogP contribution in [0.25, 0.3) is 0 Å². The number of carbonyl (C=O) groups excluding carboxylic acids is 2. The van der Waals surface area contributed by atoms with Crippen LogP contribution in [0.1, 0.15) is 37.4 Å². The number of ether oxygens (including phenoxy) is 2. The topological polar surface area (TPSA) is 68.3 Å². The van der Waals surface area contributed by atoms with Crippen molar-refractivity contribution in [3.05, 3.63) is 83.9 Å². The minimum atomic E-state index is -0.921. The van der Waals surface area contributed by atoms with Gasteiger partial charge in [0.25, 0.3) is 5.91 Å². The summed E-state index contributed by atoms with van der Waals surface area (Å²) in [6.07, 6.45) is 0.832. The molecule has 36 heavy (non-hydrogen) atoms. The van der Waals surface area contributed by atoms with Crippen molar-refractivity contribution < 1.29 is 23.9 Å².